The standard InChI is InChI=1S/C16H18N4O2/c1-11(17-2)9-15-18-16(22-19-15)10-20-8-7-14(21)12-5-3-4-6-13(12)20/h3-8,11,17H,9-10H2,1-2H3. The highest BCUT2D eigenvalue weighted by molar-refractivity contribution is 5.78. The summed E-state index contributed by atoms with van der Waals surface area (Å²) in [5, 5.41) is 7.83. The van der Waals surface area contributed by atoms with Crippen LogP contribution in [0, 0.1) is 0 Å². The molecule has 22 heavy (non-hydrogen) atoms. The van der Waals surface area contributed by atoms with Gasteiger partial charge in [-0.1, -0.05) is 17.3 Å². The molecule has 0 spiro atoms. The predicted molar refractivity (Wildman–Crippen MR) is 83.8 cm³/mol. The fourth-order valence-corrected chi connectivity index (χ4v) is 2.36. The third-order valence-corrected chi connectivity index (χ3v) is 3.68. The van der Waals surface area contributed by atoms with Gasteiger partial charge in [-0.25, -0.2) is 0 Å². The minimum Gasteiger partial charge on any atom is -0.338 e. The second-order valence-corrected chi connectivity index (χ2v) is 5.32. The van der Waals surface area contributed by atoms with Crippen LogP contribution in [0.25, 0.3) is 10.9 Å². The highest BCUT2D eigenvalue weighted by atomic mass is 16.5. The van der Waals surface area contributed by atoms with E-state index in [4.69, 9.17) is 4.52 Å². The maximum absolute atomic E-state index is 11.9. The van der Waals surface area contributed by atoms with Gasteiger partial charge in [-0.2, -0.15) is 4.98 Å². The van der Waals surface area contributed by atoms with Gasteiger partial charge in [0.05, 0.1) is 5.52 Å². The number of pyridine rings is 1. The van der Waals surface area contributed by atoms with E-state index in [0.717, 1.165) is 5.52 Å². The molecule has 0 radical (unpaired) electrons. The Morgan fingerprint density at radius 1 is 1.32 bits per heavy atom. The van der Waals surface area contributed by atoms with Crippen LogP contribution in [0.3, 0.4) is 0 Å². The van der Waals surface area contributed by atoms with Crippen LogP contribution in [0.5, 0.6) is 0 Å². The summed E-state index contributed by atoms with van der Waals surface area (Å²) in [4.78, 5) is 16.3. The van der Waals surface area contributed by atoms with Crippen LogP contribution in [0.15, 0.2) is 45.8 Å². The number of benzene rings is 1. The summed E-state index contributed by atoms with van der Waals surface area (Å²) >= 11 is 0. The van der Waals surface area contributed by atoms with E-state index in [0.29, 0.717) is 36.1 Å². The molecule has 1 unspecified atom stereocenters. The van der Waals surface area contributed by atoms with Crippen LogP contribution in [0.4, 0.5) is 0 Å². The molecule has 6 nitrogen and oxygen atoms in total. The first-order chi connectivity index (χ1) is 10.7. The topological polar surface area (TPSA) is 73.0 Å². The minimum absolute atomic E-state index is 0.0147. The van der Waals surface area contributed by atoms with Gasteiger partial charge in [0.1, 0.15) is 6.54 Å². The van der Waals surface area contributed by atoms with E-state index < -0.39 is 0 Å². The maximum atomic E-state index is 11.9. The second-order valence-electron chi connectivity index (χ2n) is 5.32. The molecule has 0 saturated carbocycles. The molecular formula is C16H18N4O2. The van der Waals surface area contributed by atoms with Crippen molar-refractivity contribution >= 4 is 10.9 Å². The minimum atomic E-state index is 0.0147. The number of nitrogens with one attached hydrogen (secondary N) is 1. The number of nitrogens with zero attached hydrogens (tertiary/aromatic N) is 3. The van der Waals surface area contributed by atoms with Crippen molar-refractivity contribution in [3.63, 3.8) is 0 Å². The van der Waals surface area contributed by atoms with Crippen LogP contribution in [0.2, 0.25) is 0 Å². The summed E-state index contributed by atoms with van der Waals surface area (Å²) in [6, 6.07) is 9.35. The van der Waals surface area contributed by atoms with Gasteiger partial charge in [-0.05, 0) is 26.1 Å². The van der Waals surface area contributed by atoms with Gasteiger partial charge in [-0.15, -0.1) is 0 Å². The van der Waals surface area contributed by atoms with Crippen molar-refractivity contribution in [3.8, 4) is 0 Å². The van der Waals surface area contributed by atoms with Crippen molar-refractivity contribution in [3.05, 3.63) is 58.5 Å². The average Bonchev–Trinajstić information content (AvgIpc) is 2.97. The number of aromatic nitrogens is 3. The zero-order valence-corrected chi connectivity index (χ0v) is 12.6. The van der Waals surface area contributed by atoms with Crippen LogP contribution in [0.1, 0.15) is 18.6 Å². The van der Waals surface area contributed by atoms with Gasteiger partial charge >= 0.3 is 0 Å². The summed E-state index contributed by atoms with van der Waals surface area (Å²) in [6.45, 7) is 2.51. The number of fused-ring (bicyclic) bond motifs is 1. The molecule has 114 valence electrons. The Morgan fingerprint density at radius 2 is 2.14 bits per heavy atom. The van der Waals surface area contributed by atoms with Crippen molar-refractivity contribution in [2.24, 2.45) is 0 Å². The van der Waals surface area contributed by atoms with Gasteiger partial charge in [0, 0.05) is 30.1 Å². The first kappa shape index (κ1) is 14.5. The molecule has 2 aromatic heterocycles. The van der Waals surface area contributed by atoms with Gasteiger partial charge in [0.2, 0.25) is 5.89 Å². The third kappa shape index (κ3) is 2.92. The van der Waals surface area contributed by atoms with Crippen molar-refractivity contribution in [2.45, 2.75) is 25.9 Å². The van der Waals surface area contributed by atoms with E-state index in [1.165, 1.54) is 0 Å². The molecule has 0 fully saturated rings. The number of rotatable bonds is 5. The Balaban J connectivity index is 1.88. The van der Waals surface area contributed by atoms with E-state index in [2.05, 4.69) is 22.4 Å². The zero-order valence-electron chi connectivity index (χ0n) is 12.6. The molecule has 1 aromatic carbocycles. The molecule has 1 N–H and O–H groups in total. The van der Waals surface area contributed by atoms with Gasteiger partial charge < -0.3 is 14.4 Å². The highest BCUT2D eigenvalue weighted by Crippen LogP contribution is 2.11. The normalized spacial score (nSPS) is 12.6. The van der Waals surface area contributed by atoms with E-state index in [1.807, 2.05) is 35.9 Å². The Hall–Kier alpha value is -2.47. The first-order valence-electron chi connectivity index (χ1n) is 7.24. The molecule has 0 bridgehead atoms. The monoisotopic (exact) mass is 298 g/mol. The predicted octanol–water partition coefficient (Wildman–Crippen LogP) is 1.58. The van der Waals surface area contributed by atoms with Gasteiger partial charge in [0.15, 0.2) is 11.3 Å². The van der Waals surface area contributed by atoms with Crippen molar-refractivity contribution in [1.29, 1.82) is 0 Å². The van der Waals surface area contributed by atoms with Crippen LogP contribution in [-0.4, -0.2) is 27.8 Å². The Morgan fingerprint density at radius 3 is 2.95 bits per heavy atom. The summed E-state index contributed by atoms with van der Waals surface area (Å²) in [7, 11) is 1.90. The number of hydrogen-bond donors (Lipinski definition) is 1. The van der Waals surface area contributed by atoms with Crippen molar-refractivity contribution in [2.75, 3.05) is 7.05 Å². The molecule has 0 amide bonds. The quantitative estimate of drug-likeness (QED) is 0.774. The molecule has 0 saturated heterocycles. The molecule has 1 atom stereocenters. The summed E-state index contributed by atoms with van der Waals surface area (Å²) in [5.74, 6) is 1.22. The van der Waals surface area contributed by atoms with E-state index >= 15 is 0 Å². The van der Waals surface area contributed by atoms with E-state index in [9.17, 15) is 4.79 Å². The van der Waals surface area contributed by atoms with Gasteiger partial charge in [0.25, 0.3) is 0 Å². The van der Waals surface area contributed by atoms with E-state index in [-0.39, 0.29) is 5.43 Å². The Labute approximate surface area is 127 Å². The van der Waals surface area contributed by atoms with Crippen LogP contribution < -0.4 is 10.7 Å². The molecule has 2 heterocycles. The van der Waals surface area contributed by atoms with Crippen LogP contribution in [-0.2, 0) is 13.0 Å². The van der Waals surface area contributed by atoms with Crippen LogP contribution >= 0.6 is 0 Å². The number of para-hydroxylation sites is 1. The lowest BCUT2D eigenvalue weighted by molar-refractivity contribution is 0.365. The Bertz CT molecular complexity index is 837. The summed E-state index contributed by atoms with van der Waals surface area (Å²) in [6.07, 6.45) is 2.47. The SMILES string of the molecule is CNC(C)Cc1noc(Cn2ccc(=O)c3ccccc32)n1. The molecule has 3 rings (SSSR count). The van der Waals surface area contributed by atoms with E-state index in [1.54, 1.807) is 12.3 Å². The largest absolute Gasteiger partial charge is 0.338 e. The molecule has 0 aliphatic rings. The Kier molecular flexibility index (Phi) is 4.02. The molecule has 6 heteroatoms. The molecule has 3 aromatic rings. The van der Waals surface area contributed by atoms with Gasteiger partial charge in [-0.3, -0.25) is 4.79 Å². The number of likely N-dealkylation sites (N-methyl/N-ethyl adjacent to an activating group) is 1. The highest BCUT2D eigenvalue weighted by Gasteiger charge is 2.11. The molecule has 0 aliphatic carbocycles. The first-order valence-corrected chi connectivity index (χ1v) is 7.24. The number of hydrogen-bond acceptors (Lipinski definition) is 5. The maximum Gasteiger partial charge on any atom is 0.246 e. The third-order valence-electron chi connectivity index (χ3n) is 3.68. The zero-order chi connectivity index (χ0) is 15.5. The fraction of sp³-hybridized carbons (Fsp3) is 0.312. The van der Waals surface area contributed by atoms with Crippen molar-refractivity contribution in [1.82, 2.24) is 20.0 Å². The lowest BCUT2D eigenvalue weighted by Crippen LogP contribution is -2.24. The lowest BCUT2D eigenvalue weighted by atomic mass is 10.2. The smallest absolute Gasteiger partial charge is 0.246 e. The summed E-state index contributed by atoms with van der Waals surface area (Å²) < 4.78 is 7.25. The molecule has 0 aliphatic heterocycles. The summed E-state index contributed by atoms with van der Waals surface area (Å²) in [5.41, 5.74) is 0.874. The second kappa shape index (κ2) is 6.11. The van der Waals surface area contributed by atoms with Crippen molar-refractivity contribution < 1.29 is 4.52 Å². The fourth-order valence-electron chi connectivity index (χ4n) is 2.36. The lowest BCUT2D eigenvalue weighted by Gasteiger charge is -2.07. The average molecular weight is 298 g/mol. The molecular weight excluding hydrogens is 280 g/mol.